The first-order valence-corrected chi connectivity index (χ1v) is 13.8. The quantitative estimate of drug-likeness (QED) is 0.281. The number of alkyl halides is 1. The second-order valence-corrected chi connectivity index (χ2v) is 11.1. The van der Waals surface area contributed by atoms with E-state index in [1.54, 1.807) is 0 Å². The summed E-state index contributed by atoms with van der Waals surface area (Å²) >= 11 is 0. The van der Waals surface area contributed by atoms with Crippen LogP contribution in [0.25, 0.3) is 0 Å². The van der Waals surface area contributed by atoms with Gasteiger partial charge in [0.25, 0.3) is 11.4 Å². The van der Waals surface area contributed by atoms with Gasteiger partial charge >= 0.3 is 29.6 Å². The number of carbonyl (C=O) groups excluding carboxylic acids is 4. The number of halogens is 1. The minimum Gasteiger partial charge on any atom is -0.459 e. The Balaban J connectivity index is 2.04. The summed E-state index contributed by atoms with van der Waals surface area (Å²) in [5.41, 5.74) is -1.93. The molecule has 2 aliphatic rings. The summed E-state index contributed by atoms with van der Waals surface area (Å²) in [6.45, 7) is 7.85. The molecule has 3 rings (SSSR count). The zero-order valence-electron chi connectivity index (χ0n) is 24.5. The number of nitrogens with zero attached hydrogens (tertiary/aromatic N) is 2. The van der Waals surface area contributed by atoms with E-state index in [1.165, 1.54) is 41.5 Å². The van der Waals surface area contributed by atoms with Crippen molar-refractivity contribution < 1.29 is 47.3 Å². The van der Waals surface area contributed by atoms with Gasteiger partial charge in [0.15, 0.2) is 25.7 Å². The van der Waals surface area contributed by atoms with Crippen LogP contribution in [0.1, 0.15) is 60.6 Å². The van der Waals surface area contributed by atoms with Gasteiger partial charge in [-0.1, -0.05) is 41.5 Å². The Bertz CT molecular complexity index is 1280. The fourth-order valence-electron chi connectivity index (χ4n) is 4.16. The number of rotatable bonds is 11. The molecule has 1 N–H and O–H groups in total. The van der Waals surface area contributed by atoms with Crippen molar-refractivity contribution in [3.05, 3.63) is 33.1 Å². The number of esters is 4. The molecule has 1 unspecified atom stereocenters. The zero-order chi connectivity index (χ0) is 31.4. The van der Waals surface area contributed by atoms with Gasteiger partial charge < -0.3 is 29.0 Å². The SMILES string of the molecule is CC(C)C(=O)OC[C@@]1(F)O[C@@H](n2ccc(=O)n(COC(=O)C3CCCN3)c2=O)[C@H](OC(=O)C(C)C)[C@@H]1OC(=O)C(C)C. The molecule has 0 spiro atoms. The van der Waals surface area contributed by atoms with Gasteiger partial charge in [-0.25, -0.2) is 13.8 Å². The maximum atomic E-state index is 16.6. The van der Waals surface area contributed by atoms with Crippen molar-refractivity contribution in [1.29, 1.82) is 0 Å². The van der Waals surface area contributed by atoms with Crippen LogP contribution in [0.3, 0.4) is 0 Å². The van der Waals surface area contributed by atoms with Crippen LogP contribution < -0.4 is 16.6 Å². The Hall–Kier alpha value is -3.59. The summed E-state index contributed by atoms with van der Waals surface area (Å²) in [5.74, 6) is -8.30. The molecule has 0 aliphatic carbocycles. The summed E-state index contributed by atoms with van der Waals surface area (Å²) in [4.78, 5) is 75.8. The lowest BCUT2D eigenvalue weighted by Gasteiger charge is -2.28. The predicted molar refractivity (Wildman–Crippen MR) is 141 cm³/mol. The highest BCUT2D eigenvalue weighted by Crippen LogP contribution is 2.42. The molecule has 42 heavy (non-hydrogen) atoms. The van der Waals surface area contributed by atoms with Crippen molar-refractivity contribution in [2.75, 3.05) is 13.2 Å². The van der Waals surface area contributed by atoms with Gasteiger partial charge in [0.05, 0.1) is 17.8 Å². The van der Waals surface area contributed by atoms with E-state index < -0.39 is 96.6 Å². The van der Waals surface area contributed by atoms with Crippen molar-refractivity contribution >= 4 is 23.9 Å². The molecular formula is C27H38FN3O11. The molecule has 2 aliphatic heterocycles. The van der Waals surface area contributed by atoms with E-state index in [2.05, 4.69) is 5.32 Å². The van der Waals surface area contributed by atoms with Crippen LogP contribution in [0, 0.1) is 17.8 Å². The van der Waals surface area contributed by atoms with Crippen molar-refractivity contribution in [3.8, 4) is 0 Å². The fraction of sp³-hybridized carbons (Fsp3) is 0.704. The van der Waals surface area contributed by atoms with E-state index in [1.807, 2.05) is 0 Å². The van der Waals surface area contributed by atoms with Crippen LogP contribution in [0.15, 0.2) is 21.9 Å². The third-order valence-electron chi connectivity index (χ3n) is 6.69. The Morgan fingerprint density at radius 3 is 2.19 bits per heavy atom. The molecule has 1 aromatic heterocycles. The second-order valence-electron chi connectivity index (χ2n) is 11.1. The van der Waals surface area contributed by atoms with Crippen LogP contribution in [0.2, 0.25) is 0 Å². The first kappa shape index (κ1) is 32.9. The molecule has 0 bridgehead atoms. The van der Waals surface area contributed by atoms with Crippen LogP contribution in [-0.4, -0.2) is 70.3 Å². The molecule has 0 amide bonds. The monoisotopic (exact) mass is 599 g/mol. The normalized spacial score (nSPS) is 25.6. The number of hydrogen-bond acceptors (Lipinski definition) is 12. The van der Waals surface area contributed by atoms with Crippen LogP contribution in [0.4, 0.5) is 4.39 Å². The fourth-order valence-corrected chi connectivity index (χ4v) is 4.16. The van der Waals surface area contributed by atoms with Gasteiger partial charge in [-0.2, -0.15) is 0 Å². The maximum absolute atomic E-state index is 16.6. The summed E-state index contributed by atoms with van der Waals surface area (Å²) in [7, 11) is 0. The molecule has 15 heteroatoms. The molecule has 2 fully saturated rings. The smallest absolute Gasteiger partial charge is 0.336 e. The van der Waals surface area contributed by atoms with Crippen LogP contribution >= 0.6 is 0 Å². The van der Waals surface area contributed by atoms with E-state index in [0.29, 0.717) is 17.5 Å². The number of hydrogen-bond donors (Lipinski definition) is 1. The summed E-state index contributed by atoms with van der Waals surface area (Å²) in [6, 6.07) is 0.363. The van der Waals surface area contributed by atoms with E-state index in [-0.39, 0.29) is 0 Å². The lowest BCUT2D eigenvalue weighted by atomic mass is 10.1. The van der Waals surface area contributed by atoms with Crippen molar-refractivity contribution in [1.82, 2.24) is 14.5 Å². The zero-order valence-corrected chi connectivity index (χ0v) is 24.5. The topological polar surface area (TPSA) is 170 Å². The standard InChI is InChI=1S/C27H38FN3O11/c1-14(2)22(33)38-12-27(28)20(41-24(35)16(5)6)19(40-23(34)15(3)4)21(42-27)30-11-9-18(32)31(26(30)37)13-39-25(36)17-8-7-10-29-17/h9,11,14-17,19-21,29H,7-8,10,12-13H2,1-6H3/t17?,19-,20+,21-,27-/m1/s1. The lowest BCUT2D eigenvalue weighted by Crippen LogP contribution is -2.49. The molecule has 2 saturated heterocycles. The van der Waals surface area contributed by atoms with Crippen molar-refractivity contribution in [2.24, 2.45) is 17.8 Å². The molecule has 0 saturated carbocycles. The van der Waals surface area contributed by atoms with Gasteiger partial charge in [-0.3, -0.25) is 28.5 Å². The molecular weight excluding hydrogens is 561 g/mol. The van der Waals surface area contributed by atoms with E-state index in [0.717, 1.165) is 23.3 Å². The molecule has 0 aromatic carbocycles. The van der Waals surface area contributed by atoms with Gasteiger partial charge in [0.1, 0.15) is 6.04 Å². The van der Waals surface area contributed by atoms with E-state index >= 15 is 4.39 Å². The highest BCUT2D eigenvalue weighted by molar-refractivity contribution is 5.76. The van der Waals surface area contributed by atoms with E-state index in [4.69, 9.17) is 23.7 Å². The van der Waals surface area contributed by atoms with Crippen molar-refractivity contribution in [2.45, 2.75) is 91.4 Å². The molecule has 234 valence electrons. The first-order chi connectivity index (χ1) is 19.7. The number of carbonyl (C=O) groups is 4. The molecule has 14 nitrogen and oxygen atoms in total. The Morgan fingerprint density at radius 2 is 1.62 bits per heavy atom. The Kier molecular flexibility index (Phi) is 10.7. The molecule has 0 radical (unpaired) electrons. The molecule has 5 atom stereocenters. The average molecular weight is 600 g/mol. The second kappa shape index (κ2) is 13.6. The van der Waals surface area contributed by atoms with Crippen molar-refractivity contribution in [3.63, 3.8) is 0 Å². The highest BCUT2D eigenvalue weighted by atomic mass is 19.2. The number of aromatic nitrogens is 2. The highest BCUT2D eigenvalue weighted by Gasteiger charge is 2.62. The maximum Gasteiger partial charge on any atom is 0.336 e. The summed E-state index contributed by atoms with van der Waals surface area (Å²) < 4.78 is 44.6. The lowest BCUT2D eigenvalue weighted by molar-refractivity contribution is -0.226. The molecule has 1 aromatic rings. The van der Waals surface area contributed by atoms with Crippen LogP contribution in [0.5, 0.6) is 0 Å². The largest absolute Gasteiger partial charge is 0.459 e. The third-order valence-corrected chi connectivity index (χ3v) is 6.69. The van der Waals surface area contributed by atoms with Crippen LogP contribution in [-0.2, 0) is 49.6 Å². The van der Waals surface area contributed by atoms with Gasteiger partial charge in [-0.05, 0) is 19.4 Å². The van der Waals surface area contributed by atoms with E-state index in [9.17, 15) is 28.8 Å². The van der Waals surface area contributed by atoms with Gasteiger partial charge in [0.2, 0.25) is 6.10 Å². The average Bonchev–Trinajstić information content (AvgIpc) is 3.55. The number of ether oxygens (including phenoxy) is 5. The Labute approximate surface area is 241 Å². The minimum absolute atomic E-state index is 0.530. The van der Waals surface area contributed by atoms with Gasteiger partial charge in [-0.15, -0.1) is 0 Å². The first-order valence-electron chi connectivity index (χ1n) is 13.8. The number of nitrogens with one attached hydrogen (secondary N) is 1. The summed E-state index contributed by atoms with van der Waals surface area (Å²) in [6.07, 6.45) is -3.24. The third kappa shape index (κ3) is 7.43. The summed E-state index contributed by atoms with van der Waals surface area (Å²) in [5, 5.41) is 2.94. The Morgan fingerprint density at radius 1 is 1.00 bits per heavy atom. The predicted octanol–water partition coefficient (Wildman–Crippen LogP) is 0.792. The minimum atomic E-state index is -3.07. The van der Waals surface area contributed by atoms with Gasteiger partial charge in [0, 0.05) is 12.3 Å². The molecule has 3 heterocycles.